The number of carbonyl (C=O) groups excluding carboxylic acids is 2. The van der Waals surface area contributed by atoms with Crippen LogP contribution in [0, 0.1) is 0 Å². The van der Waals surface area contributed by atoms with Crippen LogP contribution in [0.5, 0.6) is 0 Å². The van der Waals surface area contributed by atoms with E-state index in [4.69, 9.17) is 27.9 Å². The summed E-state index contributed by atoms with van der Waals surface area (Å²) in [4.78, 5) is 25.9. The van der Waals surface area contributed by atoms with E-state index in [1.165, 1.54) is 6.92 Å². The van der Waals surface area contributed by atoms with Crippen molar-refractivity contribution in [3.63, 3.8) is 0 Å². The highest BCUT2D eigenvalue weighted by Crippen LogP contribution is 2.33. The van der Waals surface area contributed by atoms with Gasteiger partial charge in [-0.15, -0.1) is 0 Å². The van der Waals surface area contributed by atoms with E-state index in [9.17, 15) is 9.59 Å². The first-order chi connectivity index (χ1) is 12.5. The Bertz CT molecular complexity index is 859. The molecule has 1 aliphatic rings. The van der Waals surface area contributed by atoms with Gasteiger partial charge in [0.25, 0.3) is 0 Å². The van der Waals surface area contributed by atoms with Gasteiger partial charge < -0.3 is 9.64 Å². The fourth-order valence-electron chi connectivity index (χ4n) is 2.95. The second-order valence-corrected chi connectivity index (χ2v) is 6.77. The van der Waals surface area contributed by atoms with Crippen molar-refractivity contribution in [2.24, 2.45) is 0 Å². The molecule has 2 aromatic carbocycles. The van der Waals surface area contributed by atoms with Gasteiger partial charge in [0.2, 0.25) is 5.91 Å². The molecule has 26 heavy (non-hydrogen) atoms. The molecule has 0 saturated heterocycles. The van der Waals surface area contributed by atoms with Crippen molar-refractivity contribution in [2.45, 2.75) is 26.0 Å². The summed E-state index contributed by atoms with van der Waals surface area (Å²) in [5.74, 6) is -0.565. The van der Waals surface area contributed by atoms with Crippen LogP contribution >= 0.6 is 23.2 Å². The van der Waals surface area contributed by atoms with Crippen molar-refractivity contribution in [1.82, 2.24) is 4.90 Å². The monoisotopic (exact) mass is 389 g/mol. The Balaban J connectivity index is 1.74. The van der Waals surface area contributed by atoms with Gasteiger partial charge >= 0.3 is 5.97 Å². The molecule has 0 aromatic heterocycles. The van der Waals surface area contributed by atoms with Crippen molar-refractivity contribution in [1.29, 1.82) is 0 Å². The average molecular weight is 390 g/mol. The maximum Gasteiger partial charge on any atom is 0.308 e. The summed E-state index contributed by atoms with van der Waals surface area (Å²) in [6.07, 6.45) is 3.61. The number of hydrogen-bond donors (Lipinski definition) is 0. The van der Waals surface area contributed by atoms with Crippen LogP contribution in [-0.2, 0) is 20.9 Å². The molecule has 0 aliphatic carbocycles. The van der Waals surface area contributed by atoms with Gasteiger partial charge in [-0.3, -0.25) is 9.59 Å². The largest absolute Gasteiger partial charge is 0.461 e. The third-order valence-corrected chi connectivity index (χ3v) is 4.98. The molecule has 0 bridgehead atoms. The highest BCUT2D eigenvalue weighted by molar-refractivity contribution is 6.35. The summed E-state index contributed by atoms with van der Waals surface area (Å²) in [5, 5.41) is 0.892. The summed E-state index contributed by atoms with van der Waals surface area (Å²) >= 11 is 12.2. The third-order valence-electron chi connectivity index (χ3n) is 4.27. The Labute approximate surface area is 162 Å². The maximum atomic E-state index is 12.4. The minimum atomic E-state index is -0.428. The van der Waals surface area contributed by atoms with Crippen LogP contribution in [0.2, 0.25) is 10.0 Å². The van der Waals surface area contributed by atoms with Crippen LogP contribution < -0.4 is 0 Å². The molecular formula is C20H17Cl2NO3. The molecule has 0 unspecified atom stereocenters. The lowest BCUT2D eigenvalue weighted by atomic mass is 9.94. The lowest BCUT2D eigenvalue weighted by molar-refractivity contribution is -0.146. The summed E-state index contributed by atoms with van der Waals surface area (Å²) in [5.41, 5.74) is 2.46. The number of nitrogens with zero attached hydrogens (tertiary/aromatic N) is 1. The zero-order valence-electron chi connectivity index (χ0n) is 14.1. The van der Waals surface area contributed by atoms with E-state index >= 15 is 0 Å². The zero-order chi connectivity index (χ0) is 18.7. The lowest BCUT2D eigenvalue weighted by Crippen LogP contribution is -2.32. The van der Waals surface area contributed by atoms with E-state index < -0.39 is 12.0 Å². The van der Waals surface area contributed by atoms with Crippen LogP contribution in [0.3, 0.4) is 0 Å². The van der Waals surface area contributed by atoms with Gasteiger partial charge in [-0.05, 0) is 29.3 Å². The zero-order valence-corrected chi connectivity index (χ0v) is 15.6. The Morgan fingerprint density at radius 1 is 1.08 bits per heavy atom. The van der Waals surface area contributed by atoms with E-state index in [-0.39, 0.29) is 18.9 Å². The second-order valence-electron chi connectivity index (χ2n) is 5.95. The fraction of sp³-hybridized carbons (Fsp3) is 0.200. The highest BCUT2D eigenvalue weighted by atomic mass is 35.5. The molecule has 6 heteroatoms. The Hall–Kier alpha value is -2.30. The molecule has 1 amide bonds. The van der Waals surface area contributed by atoms with Gasteiger partial charge in [-0.2, -0.15) is 0 Å². The molecule has 2 aromatic rings. The summed E-state index contributed by atoms with van der Waals surface area (Å²) in [7, 11) is 0. The van der Waals surface area contributed by atoms with Gasteiger partial charge in [-0.1, -0.05) is 53.5 Å². The van der Waals surface area contributed by atoms with Crippen molar-refractivity contribution >= 4 is 41.2 Å². The molecule has 3 rings (SSSR count). The van der Waals surface area contributed by atoms with Crippen LogP contribution in [0.15, 0.2) is 48.7 Å². The first-order valence-electron chi connectivity index (χ1n) is 8.12. The minimum Gasteiger partial charge on any atom is -0.461 e. The molecule has 1 atom stereocenters. The van der Waals surface area contributed by atoms with Crippen LogP contribution in [0.25, 0.3) is 6.08 Å². The number of esters is 1. The SMILES string of the molecule is CC(=O)N1C=Cc2ccccc2[C@H]1CC(=O)OCc1c(Cl)cccc1Cl. The van der Waals surface area contributed by atoms with Crippen LogP contribution in [-0.4, -0.2) is 16.8 Å². The Kier molecular flexibility index (Phi) is 5.64. The predicted molar refractivity (Wildman–Crippen MR) is 102 cm³/mol. The van der Waals surface area contributed by atoms with Crippen LogP contribution in [0.4, 0.5) is 0 Å². The van der Waals surface area contributed by atoms with Crippen molar-refractivity contribution < 1.29 is 14.3 Å². The first-order valence-corrected chi connectivity index (χ1v) is 8.87. The Morgan fingerprint density at radius 2 is 1.77 bits per heavy atom. The summed E-state index contributed by atoms with van der Waals surface area (Å²) in [6.45, 7) is 1.46. The van der Waals surface area contributed by atoms with E-state index in [0.717, 1.165) is 11.1 Å². The number of ether oxygens (including phenoxy) is 1. The van der Waals surface area contributed by atoms with E-state index in [2.05, 4.69) is 0 Å². The quantitative estimate of drug-likeness (QED) is 0.691. The normalized spacial score (nSPS) is 15.5. The van der Waals surface area contributed by atoms with E-state index in [0.29, 0.717) is 15.6 Å². The molecule has 0 spiro atoms. The number of amides is 1. The highest BCUT2D eigenvalue weighted by Gasteiger charge is 2.28. The van der Waals surface area contributed by atoms with Gasteiger partial charge in [-0.25, -0.2) is 0 Å². The smallest absolute Gasteiger partial charge is 0.308 e. The number of hydrogen-bond acceptors (Lipinski definition) is 3. The average Bonchev–Trinajstić information content (AvgIpc) is 2.61. The summed E-state index contributed by atoms with van der Waals surface area (Å²) < 4.78 is 5.37. The molecular weight excluding hydrogens is 373 g/mol. The molecule has 0 saturated carbocycles. The molecule has 0 radical (unpaired) electrons. The van der Waals surface area contributed by atoms with Gasteiger partial charge in [0.05, 0.1) is 12.5 Å². The maximum absolute atomic E-state index is 12.4. The Morgan fingerprint density at radius 3 is 2.46 bits per heavy atom. The van der Waals surface area contributed by atoms with Gasteiger partial charge in [0.15, 0.2) is 0 Å². The number of rotatable bonds is 4. The number of benzene rings is 2. The number of halogens is 2. The van der Waals surface area contributed by atoms with E-state index in [1.54, 1.807) is 29.3 Å². The van der Waals surface area contributed by atoms with E-state index in [1.807, 2.05) is 30.3 Å². The van der Waals surface area contributed by atoms with Gasteiger partial charge in [0, 0.05) is 28.7 Å². The lowest BCUT2D eigenvalue weighted by Gasteiger charge is -2.32. The predicted octanol–water partition coefficient (Wildman–Crippen LogP) is 5.00. The van der Waals surface area contributed by atoms with Crippen molar-refractivity contribution in [3.8, 4) is 0 Å². The third kappa shape index (κ3) is 3.92. The van der Waals surface area contributed by atoms with Crippen LogP contribution in [0.1, 0.15) is 36.1 Å². The molecule has 0 N–H and O–H groups in total. The van der Waals surface area contributed by atoms with Gasteiger partial charge in [0.1, 0.15) is 6.61 Å². The molecule has 4 nitrogen and oxygen atoms in total. The van der Waals surface area contributed by atoms with Crippen molar-refractivity contribution in [2.75, 3.05) is 0 Å². The minimum absolute atomic E-state index is 0.0123. The molecule has 134 valence electrons. The molecule has 1 heterocycles. The molecule has 1 aliphatic heterocycles. The fourth-order valence-corrected chi connectivity index (χ4v) is 3.46. The second kappa shape index (κ2) is 7.94. The van der Waals surface area contributed by atoms with Crippen molar-refractivity contribution in [3.05, 3.63) is 75.4 Å². The number of fused-ring (bicyclic) bond motifs is 1. The first kappa shape index (κ1) is 18.5. The molecule has 0 fully saturated rings. The standard InChI is InChI=1S/C20H17Cl2NO3/c1-13(24)23-10-9-14-5-2-3-6-15(14)19(23)11-20(25)26-12-16-17(21)7-4-8-18(16)22/h2-10,19H,11-12H2,1H3/t19-/m1/s1. The topological polar surface area (TPSA) is 46.6 Å². The number of carbonyl (C=O) groups is 2. The summed E-state index contributed by atoms with van der Waals surface area (Å²) in [6, 6.07) is 12.4.